The number of amides is 4. The minimum Gasteiger partial charge on any atom is -0.352 e. The van der Waals surface area contributed by atoms with Gasteiger partial charge in [-0.15, -0.1) is 20.5 Å². The molecular formula is C42H34F2N18O20S6. The maximum Gasteiger partial charge on any atom is 0.316 e. The van der Waals surface area contributed by atoms with Crippen molar-refractivity contribution in [2.75, 3.05) is 45.0 Å². The number of hydrogen-bond donors (Lipinski definition) is 14. The fourth-order valence-corrected chi connectivity index (χ4v) is 11.6. The highest BCUT2D eigenvalue weighted by Crippen LogP contribution is 2.40. The molecule has 0 saturated carbocycles. The fourth-order valence-electron chi connectivity index (χ4n) is 7.59. The van der Waals surface area contributed by atoms with Crippen molar-refractivity contribution >= 4 is 164 Å². The Morgan fingerprint density at radius 3 is 1.06 bits per heavy atom. The van der Waals surface area contributed by atoms with Crippen molar-refractivity contribution in [2.45, 2.75) is 29.4 Å². The van der Waals surface area contributed by atoms with Crippen LogP contribution in [-0.4, -0.2) is 133 Å². The van der Waals surface area contributed by atoms with Gasteiger partial charge >= 0.3 is 24.2 Å². The quantitative estimate of drug-likeness (QED) is 0.0257. The SMILES string of the molecule is NC(=O)Nc1cc(Nc2nc(F)nc(NCCNc3nc(F)nc(Nc4ccc(N=Nc5cc6c(S(=O)(=O)O)cc(S(=O)(=O)O)cc6cc5S(=O)(=O)O)c(NC(N)=O)c4)n3)n2)ccc1N=Nc1cc2c(S(=O)(=O)O)cc(S(=O)(=O)O)cc2cc1S(=O)(=O)O. The molecule has 8 rings (SSSR count). The summed E-state index contributed by atoms with van der Waals surface area (Å²) < 4.78 is 234. The third-order valence-corrected chi connectivity index (χ3v) is 16.3. The lowest BCUT2D eigenvalue weighted by molar-refractivity contribution is 0.258. The molecule has 0 saturated heterocycles. The molecule has 0 fully saturated rings. The van der Waals surface area contributed by atoms with Gasteiger partial charge in [-0.05, 0) is 95.7 Å². The molecule has 462 valence electrons. The minimum absolute atomic E-state index is 0.0136. The van der Waals surface area contributed by atoms with Gasteiger partial charge in [-0.2, -0.15) is 89.2 Å². The van der Waals surface area contributed by atoms with Gasteiger partial charge in [-0.3, -0.25) is 27.3 Å². The number of carbonyl (C=O) groups excluding carboxylic acids is 2. The highest BCUT2D eigenvalue weighted by Gasteiger charge is 2.27. The maximum atomic E-state index is 14.7. The van der Waals surface area contributed by atoms with E-state index in [-0.39, 0.29) is 59.1 Å². The van der Waals surface area contributed by atoms with Crippen molar-refractivity contribution in [1.29, 1.82) is 0 Å². The number of halogens is 2. The van der Waals surface area contributed by atoms with E-state index in [1.807, 2.05) is 0 Å². The van der Waals surface area contributed by atoms with E-state index >= 15 is 0 Å². The fraction of sp³-hybridized carbons (Fsp3) is 0.0476. The Bertz CT molecular complexity index is 4740. The Hall–Kier alpha value is -9.88. The Morgan fingerprint density at radius 1 is 0.409 bits per heavy atom. The molecule has 0 radical (unpaired) electrons. The van der Waals surface area contributed by atoms with Crippen molar-refractivity contribution in [3.63, 3.8) is 0 Å². The Balaban J connectivity index is 0.964. The van der Waals surface area contributed by atoms with Crippen molar-refractivity contribution in [1.82, 2.24) is 29.9 Å². The van der Waals surface area contributed by atoms with Gasteiger partial charge < -0.3 is 43.4 Å². The Morgan fingerprint density at radius 2 is 0.739 bits per heavy atom. The van der Waals surface area contributed by atoms with Crippen LogP contribution in [0.4, 0.5) is 87.7 Å². The molecule has 38 nitrogen and oxygen atoms in total. The number of benzene rings is 6. The third-order valence-electron chi connectivity index (χ3n) is 11.1. The number of hydrogen-bond acceptors (Lipinski definition) is 28. The van der Waals surface area contributed by atoms with Crippen molar-refractivity contribution in [3.8, 4) is 0 Å². The summed E-state index contributed by atoms with van der Waals surface area (Å²) in [7, 11) is -31.4. The molecule has 0 aliphatic carbocycles. The van der Waals surface area contributed by atoms with Crippen molar-refractivity contribution in [2.24, 2.45) is 31.9 Å². The van der Waals surface area contributed by atoms with Gasteiger partial charge in [0.2, 0.25) is 23.8 Å². The molecular weight excluding hydrogens is 1310 g/mol. The van der Waals surface area contributed by atoms with Crippen LogP contribution in [0.2, 0.25) is 0 Å². The summed E-state index contributed by atoms with van der Waals surface area (Å²) in [5, 5.41) is 28.0. The van der Waals surface area contributed by atoms with Crippen LogP contribution in [0.15, 0.2) is 135 Å². The van der Waals surface area contributed by atoms with Gasteiger partial charge in [0.15, 0.2) is 0 Å². The number of aromatic nitrogens is 6. The first-order valence-electron chi connectivity index (χ1n) is 23.0. The van der Waals surface area contributed by atoms with Crippen molar-refractivity contribution < 1.29 is 96.2 Å². The number of nitrogens with one attached hydrogen (secondary N) is 6. The summed E-state index contributed by atoms with van der Waals surface area (Å²) >= 11 is 0. The highest BCUT2D eigenvalue weighted by atomic mass is 32.2. The normalized spacial score (nSPS) is 12.6. The van der Waals surface area contributed by atoms with Gasteiger partial charge in [0.1, 0.15) is 42.3 Å². The molecule has 0 spiro atoms. The topological polar surface area (TPSA) is 611 Å². The summed E-state index contributed by atoms with van der Waals surface area (Å²) in [6.45, 7) is -0.325. The molecule has 0 aliphatic heterocycles. The minimum atomic E-state index is -5.29. The standard InChI is InChI=1S/C42H34F2N18O20S6/c43-35-53-39(57-41(55-35)49-19-1-3-25(27(11-19)51-37(45)63)59-61-29-15-23-17(9-33(29)87(77,78)79)7-21(83(65,66)67)13-31(23)85(71,72)73)47-5-6-48-40-54-36(44)56-42(58-40)50-20-2-4-26(28(12-20)52-38(46)64)60-62-30-16-24-18(10-34(30)88(80,81)82)8-22(84(68,69)70)14-32(24)86(74,75)76/h1-4,7-16H,5-6H2,(H3,45,51,63)(H3,46,52,64)(H,65,66,67)(H,68,69,70)(H,71,72,73)(H,74,75,76)(H,77,78,79)(H,80,81,82)(H2,47,49,53,55,57)(H2,48,50,54,56,58). The predicted molar refractivity (Wildman–Crippen MR) is 298 cm³/mol. The number of azo groups is 2. The van der Waals surface area contributed by atoms with Gasteiger partial charge in [-0.25, -0.2) is 9.59 Å². The highest BCUT2D eigenvalue weighted by molar-refractivity contribution is 7.87. The first kappa shape index (κ1) is 64.1. The lowest BCUT2D eigenvalue weighted by atomic mass is 10.1. The van der Waals surface area contributed by atoms with Gasteiger partial charge in [0, 0.05) is 35.2 Å². The van der Waals surface area contributed by atoms with E-state index in [9.17, 15) is 96.2 Å². The van der Waals surface area contributed by atoms with E-state index < -0.39 is 159 Å². The Kier molecular flexibility index (Phi) is 17.6. The molecule has 16 N–H and O–H groups in total. The molecule has 0 unspecified atom stereocenters. The number of urea groups is 2. The zero-order chi connectivity index (χ0) is 64.6. The van der Waals surface area contributed by atoms with E-state index in [1.54, 1.807) is 0 Å². The molecule has 4 amide bonds. The maximum absolute atomic E-state index is 14.7. The smallest absolute Gasteiger partial charge is 0.316 e. The molecule has 88 heavy (non-hydrogen) atoms. The van der Waals surface area contributed by atoms with Gasteiger partial charge in [-0.1, -0.05) is 0 Å². The average molecular weight is 1340 g/mol. The summed E-state index contributed by atoms with van der Waals surface area (Å²) in [6, 6.07) is 9.07. The van der Waals surface area contributed by atoms with Gasteiger partial charge in [0.25, 0.3) is 60.7 Å². The van der Waals surface area contributed by atoms with Crippen molar-refractivity contribution in [3.05, 3.63) is 97.1 Å². The van der Waals surface area contributed by atoms with E-state index in [0.717, 1.165) is 24.3 Å². The summed E-state index contributed by atoms with van der Waals surface area (Å²) in [6.07, 6.45) is -2.67. The zero-order valence-electron chi connectivity index (χ0n) is 42.7. The lowest BCUT2D eigenvalue weighted by Crippen LogP contribution is -2.19. The van der Waals surface area contributed by atoms with Crippen LogP contribution in [0.3, 0.4) is 0 Å². The summed E-state index contributed by atoms with van der Waals surface area (Å²) in [5.41, 5.74) is 7.85. The second-order valence-electron chi connectivity index (χ2n) is 17.2. The first-order chi connectivity index (χ1) is 40.8. The first-order valence-corrected chi connectivity index (χ1v) is 31.6. The summed E-state index contributed by atoms with van der Waals surface area (Å²) in [4.78, 5) is 39.7. The Labute approximate surface area is 490 Å². The molecule has 8 aromatic rings. The van der Waals surface area contributed by atoms with Crippen LogP contribution in [-0.2, 0) is 60.7 Å². The van der Waals surface area contributed by atoms with Crippen LogP contribution in [0.1, 0.15) is 0 Å². The number of primary amides is 2. The van der Waals surface area contributed by atoms with Gasteiger partial charge in [0.05, 0.1) is 21.2 Å². The van der Waals surface area contributed by atoms with E-state index in [0.29, 0.717) is 48.5 Å². The molecule has 0 bridgehead atoms. The monoisotopic (exact) mass is 1340 g/mol. The second kappa shape index (κ2) is 24.1. The molecule has 0 aliphatic rings. The second-order valence-corrected chi connectivity index (χ2v) is 25.6. The van der Waals surface area contributed by atoms with Crippen LogP contribution in [0.25, 0.3) is 21.5 Å². The molecule has 46 heteroatoms. The number of anilines is 8. The molecule has 2 aromatic heterocycles. The number of nitrogens with zero attached hydrogens (tertiary/aromatic N) is 10. The van der Waals surface area contributed by atoms with Crippen LogP contribution in [0.5, 0.6) is 0 Å². The largest absolute Gasteiger partial charge is 0.352 e. The van der Waals surface area contributed by atoms with Crippen LogP contribution >= 0.6 is 0 Å². The molecule has 6 aromatic carbocycles. The third kappa shape index (κ3) is 15.8. The zero-order valence-corrected chi connectivity index (χ0v) is 47.6. The van der Waals surface area contributed by atoms with E-state index in [1.165, 1.54) is 12.1 Å². The lowest BCUT2D eigenvalue weighted by Gasteiger charge is -2.12. The number of carbonyl (C=O) groups is 2. The van der Waals surface area contributed by atoms with E-state index in [2.05, 4.69) is 82.3 Å². The number of rotatable bonds is 21. The predicted octanol–water partition coefficient (Wildman–Crippen LogP) is 4.94. The molecule has 0 atom stereocenters. The van der Waals surface area contributed by atoms with Crippen LogP contribution < -0.4 is 43.4 Å². The average Bonchev–Trinajstić information content (AvgIpc) is 1.60. The number of nitrogens with two attached hydrogens (primary N) is 2. The van der Waals surface area contributed by atoms with Crippen LogP contribution in [0, 0.1) is 12.2 Å². The number of fused-ring (bicyclic) bond motifs is 2. The van der Waals surface area contributed by atoms with E-state index in [4.69, 9.17) is 11.5 Å². The summed E-state index contributed by atoms with van der Waals surface area (Å²) in [5.74, 6) is -1.70. The molecule has 2 heterocycles.